The van der Waals surface area contributed by atoms with E-state index in [4.69, 9.17) is 15.2 Å². The molecule has 16 heteroatoms. The first kappa shape index (κ1) is 59.1. The molecule has 1 aliphatic carbocycles. The summed E-state index contributed by atoms with van der Waals surface area (Å²) in [7, 11) is 0. The second kappa shape index (κ2) is 27.4. The van der Waals surface area contributed by atoms with Crippen LogP contribution in [0.1, 0.15) is 111 Å². The van der Waals surface area contributed by atoms with Crippen LogP contribution in [0.5, 0.6) is 11.5 Å². The molecule has 3 amide bonds. The number of aromatic hydroxyl groups is 1. The average Bonchev–Trinajstić information content (AvgIpc) is 4.31. The SMILES string of the molecule is Cc1cc(C(=O)Nc2cccc(C(NCC3CC3)c3ccc(OCc4ccccc4)cc3)c2)n(-c2cccc(CNC(=O)OC(C)(C)C)c2)n1.Cc1cc(C(=O)Nc2cccc(Cc3ccc(O)cc3)c2)n(-c2cccc(CN)c2)n1.Cl. The van der Waals surface area contributed by atoms with Crippen LogP contribution in [0.2, 0.25) is 0 Å². The third-order valence-corrected chi connectivity index (χ3v) is 13.3. The molecule has 15 nitrogen and oxygen atoms in total. The van der Waals surface area contributed by atoms with E-state index >= 15 is 0 Å². The molecule has 0 bridgehead atoms. The van der Waals surface area contributed by atoms with Crippen molar-refractivity contribution in [1.29, 1.82) is 0 Å². The first-order valence-electron chi connectivity index (χ1n) is 27.2. The summed E-state index contributed by atoms with van der Waals surface area (Å²) in [5.41, 5.74) is 17.6. The molecule has 0 spiro atoms. The topological polar surface area (TPSA) is 200 Å². The lowest BCUT2D eigenvalue weighted by molar-refractivity contribution is 0.0523. The number of phenolic OH excluding ortho intramolecular Hbond substituents is 1. The zero-order chi connectivity index (χ0) is 56.9. The number of hydrogen-bond acceptors (Lipinski definition) is 10. The molecule has 422 valence electrons. The number of rotatable bonds is 19. The van der Waals surface area contributed by atoms with E-state index in [0.29, 0.717) is 59.6 Å². The van der Waals surface area contributed by atoms with E-state index in [-0.39, 0.29) is 42.6 Å². The number of carbonyl (C=O) groups excluding carboxylic acids is 3. The molecule has 1 atom stereocenters. The van der Waals surface area contributed by atoms with Crippen LogP contribution in [-0.4, -0.2) is 54.7 Å². The normalized spacial score (nSPS) is 12.2. The number of nitrogens with two attached hydrogens (primary N) is 1. The number of ether oxygens (including phenoxy) is 2. The van der Waals surface area contributed by atoms with E-state index in [0.717, 1.165) is 62.6 Å². The minimum atomic E-state index is -0.585. The monoisotopic (exact) mass is 1120 g/mol. The Hall–Kier alpha value is -9.02. The maximum Gasteiger partial charge on any atom is 0.407 e. The van der Waals surface area contributed by atoms with Crippen molar-refractivity contribution in [3.05, 3.63) is 250 Å². The summed E-state index contributed by atoms with van der Waals surface area (Å²) in [6, 6.07) is 59.9. The van der Waals surface area contributed by atoms with Crippen LogP contribution in [0.15, 0.2) is 188 Å². The molecule has 0 saturated heterocycles. The molecule has 1 fully saturated rings. The van der Waals surface area contributed by atoms with Gasteiger partial charge in [-0.3, -0.25) is 9.59 Å². The minimum absolute atomic E-state index is 0. The van der Waals surface area contributed by atoms with E-state index in [9.17, 15) is 19.5 Å². The lowest BCUT2D eigenvalue weighted by Crippen LogP contribution is -2.32. The predicted octanol–water partition coefficient (Wildman–Crippen LogP) is 12.7. The summed E-state index contributed by atoms with van der Waals surface area (Å²) in [5.74, 6) is 1.25. The van der Waals surface area contributed by atoms with Crippen molar-refractivity contribution in [1.82, 2.24) is 30.2 Å². The lowest BCUT2D eigenvalue weighted by Gasteiger charge is -2.21. The quantitative estimate of drug-likeness (QED) is 0.0453. The molecule has 9 aromatic rings. The summed E-state index contributed by atoms with van der Waals surface area (Å²) in [5, 5.41) is 31.2. The van der Waals surface area contributed by atoms with Gasteiger partial charge >= 0.3 is 6.09 Å². The number of aryl methyl sites for hydroxylation is 2. The molecular weight excluding hydrogens is 1050 g/mol. The Morgan fingerprint density at radius 2 is 1.18 bits per heavy atom. The van der Waals surface area contributed by atoms with Gasteiger partial charge in [-0.25, -0.2) is 14.2 Å². The van der Waals surface area contributed by atoms with Gasteiger partial charge in [0.05, 0.1) is 28.8 Å². The largest absolute Gasteiger partial charge is 0.508 e. The lowest BCUT2D eigenvalue weighted by atomic mass is 9.97. The summed E-state index contributed by atoms with van der Waals surface area (Å²) < 4.78 is 14.7. The van der Waals surface area contributed by atoms with Crippen LogP contribution in [-0.2, 0) is 30.9 Å². The second-order valence-electron chi connectivity index (χ2n) is 21.3. The summed E-state index contributed by atoms with van der Waals surface area (Å²) in [6.45, 7) is 11.3. The van der Waals surface area contributed by atoms with Gasteiger partial charge in [-0.15, -0.1) is 12.4 Å². The van der Waals surface area contributed by atoms with Crippen LogP contribution in [0.3, 0.4) is 0 Å². The molecule has 1 aliphatic rings. The van der Waals surface area contributed by atoms with Gasteiger partial charge in [0.15, 0.2) is 0 Å². The van der Waals surface area contributed by atoms with E-state index in [1.54, 1.807) is 33.6 Å². The highest BCUT2D eigenvalue weighted by molar-refractivity contribution is 6.04. The summed E-state index contributed by atoms with van der Waals surface area (Å²) >= 11 is 0. The number of aromatic nitrogens is 4. The van der Waals surface area contributed by atoms with Crippen molar-refractivity contribution < 1.29 is 29.0 Å². The van der Waals surface area contributed by atoms with Gasteiger partial charge in [-0.1, -0.05) is 103 Å². The zero-order valence-electron chi connectivity index (χ0n) is 46.8. The number of amides is 3. The van der Waals surface area contributed by atoms with Crippen LogP contribution in [0.25, 0.3) is 11.4 Å². The number of halogens is 1. The van der Waals surface area contributed by atoms with Gasteiger partial charge in [-0.05, 0) is 190 Å². The third kappa shape index (κ3) is 16.8. The Labute approximate surface area is 485 Å². The zero-order valence-corrected chi connectivity index (χ0v) is 47.6. The fourth-order valence-corrected chi connectivity index (χ4v) is 9.14. The summed E-state index contributed by atoms with van der Waals surface area (Å²) in [4.78, 5) is 39.0. The maximum atomic E-state index is 13.8. The van der Waals surface area contributed by atoms with Crippen molar-refractivity contribution in [3.8, 4) is 22.9 Å². The Balaban J connectivity index is 0.000000236. The van der Waals surface area contributed by atoms with Crippen LogP contribution < -0.4 is 31.7 Å². The Bertz CT molecular complexity index is 3590. The van der Waals surface area contributed by atoms with E-state index in [1.165, 1.54) is 12.8 Å². The molecule has 2 aromatic heterocycles. The predicted molar refractivity (Wildman–Crippen MR) is 324 cm³/mol. The van der Waals surface area contributed by atoms with Crippen LogP contribution in [0, 0.1) is 19.8 Å². The van der Waals surface area contributed by atoms with E-state index in [1.807, 2.05) is 168 Å². The van der Waals surface area contributed by atoms with Gasteiger partial charge in [0.1, 0.15) is 35.1 Å². The van der Waals surface area contributed by atoms with Gasteiger partial charge < -0.3 is 41.6 Å². The third-order valence-electron chi connectivity index (χ3n) is 13.3. The number of alkyl carbamates (subject to hydrolysis) is 1. The molecular formula is C66H70ClN9O6. The first-order chi connectivity index (χ1) is 39.1. The molecule has 0 aliphatic heterocycles. The number of nitrogens with one attached hydrogen (secondary N) is 4. The first-order valence-corrected chi connectivity index (χ1v) is 27.2. The van der Waals surface area contributed by atoms with Gasteiger partial charge in [0.25, 0.3) is 11.8 Å². The number of carbonyl (C=O) groups is 3. The highest BCUT2D eigenvalue weighted by Gasteiger charge is 2.25. The minimum Gasteiger partial charge on any atom is -0.508 e. The van der Waals surface area contributed by atoms with E-state index < -0.39 is 11.7 Å². The fourth-order valence-electron chi connectivity index (χ4n) is 9.14. The van der Waals surface area contributed by atoms with Crippen molar-refractivity contribution in [2.75, 3.05) is 17.2 Å². The van der Waals surface area contributed by atoms with Crippen molar-refractivity contribution >= 4 is 41.7 Å². The Morgan fingerprint density at radius 1 is 0.622 bits per heavy atom. The number of nitrogens with zero attached hydrogens (tertiary/aromatic N) is 4. The molecule has 10 rings (SSSR count). The van der Waals surface area contributed by atoms with E-state index in [2.05, 4.69) is 61.8 Å². The molecule has 82 heavy (non-hydrogen) atoms. The second-order valence-corrected chi connectivity index (χ2v) is 21.3. The molecule has 7 N–H and O–H groups in total. The van der Waals surface area contributed by atoms with Crippen molar-refractivity contribution in [2.24, 2.45) is 11.7 Å². The highest BCUT2D eigenvalue weighted by atomic mass is 35.5. The number of benzene rings is 7. The number of anilines is 2. The van der Waals surface area contributed by atoms with Crippen molar-refractivity contribution in [2.45, 2.75) is 85.2 Å². The molecule has 2 heterocycles. The smallest absolute Gasteiger partial charge is 0.407 e. The Kier molecular flexibility index (Phi) is 19.8. The number of phenols is 1. The standard InChI is InChI=1S/C41H45N5O4.C25H24N4O2.ClH/c1-28-22-37(46(45-28)35-15-8-12-31(23-35)26-43-40(48)50-41(2,3)4)39(47)44-34-14-9-13-33(24-34)38(42-25-29-16-17-29)32-18-20-36(21-19-32)49-27-30-10-6-5-7-11-30;1-17-12-24(29(28-17)22-7-3-5-20(15-22)16-26)25(31)27-21-6-2-4-19(14-21)13-18-8-10-23(30)11-9-18;/h5-15,18-24,29,38,42H,16-17,25-27H2,1-4H3,(H,43,48)(H,44,47);2-12,14-15,30H,13,16,26H2,1H3,(H,27,31);1H. The van der Waals surface area contributed by atoms with Gasteiger partial charge in [0.2, 0.25) is 0 Å². The molecule has 7 aromatic carbocycles. The van der Waals surface area contributed by atoms with Crippen LogP contribution >= 0.6 is 12.4 Å². The summed E-state index contributed by atoms with van der Waals surface area (Å²) in [6.07, 6.45) is 2.71. The highest BCUT2D eigenvalue weighted by Crippen LogP contribution is 2.32. The van der Waals surface area contributed by atoms with Crippen molar-refractivity contribution in [3.63, 3.8) is 0 Å². The molecule has 1 unspecified atom stereocenters. The van der Waals surface area contributed by atoms with Crippen LogP contribution in [0.4, 0.5) is 16.2 Å². The number of hydrogen-bond donors (Lipinski definition) is 6. The molecule has 0 radical (unpaired) electrons. The fraction of sp³-hybridized carbons (Fsp3) is 0.227. The maximum absolute atomic E-state index is 13.8. The average molecular weight is 1120 g/mol. The molecule has 1 saturated carbocycles. The van der Waals surface area contributed by atoms with Gasteiger partial charge in [-0.2, -0.15) is 10.2 Å². The Morgan fingerprint density at radius 3 is 1.79 bits per heavy atom. The van der Waals surface area contributed by atoms with Gasteiger partial charge in [0, 0.05) is 24.5 Å².